The number of esters is 1. The Morgan fingerprint density at radius 1 is 1.03 bits per heavy atom. The van der Waals surface area contributed by atoms with Crippen LogP contribution in [0, 0.1) is 34.5 Å². The number of Topliss-reactive ketones (excluding diaryl/α,β-unsaturated/α-hetero) is 2. The number of allylic oxidation sites excluding steroid dienone is 1. The molecule has 4 nitrogen and oxygen atoms in total. The summed E-state index contributed by atoms with van der Waals surface area (Å²) in [7, 11) is 0. The molecule has 4 rings (SSSR count). The molecule has 0 heterocycles. The molecule has 0 bridgehead atoms. The van der Waals surface area contributed by atoms with Crippen molar-refractivity contribution in [1.82, 2.24) is 0 Å². The minimum Gasteiger partial charge on any atom is -0.423 e. The monoisotopic (exact) mass is 428 g/mol. The molecule has 0 saturated heterocycles. The molecule has 0 radical (unpaired) electrons. The van der Waals surface area contributed by atoms with Crippen LogP contribution in [0.25, 0.3) is 0 Å². The lowest BCUT2D eigenvalue weighted by Crippen LogP contribution is -2.52. The Bertz CT molecular complexity index is 795. The molecule has 172 valence electrons. The second-order valence-electron chi connectivity index (χ2n) is 11.2. The molecule has 0 aromatic carbocycles. The van der Waals surface area contributed by atoms with Gasteiger partial charge in [0.05, 0.1) is 0 Å². The molecule has 6 atom stereocenters. The van der Waals surface area contributed by atoms with Crippen LogP contribution < -0.4 is 0 Å². The largest absolute Gasteiger partial charge is 0.423 e. The summed E-state index contributed by atoms with van der Waals surface area (Å²) in [6.07, 6.45) is 10.3. The lowest BCUT2D eigenvalue weighted by Gasteiger charge is -2.57. The van der Waals surface area contributed by atoms with Gasteiger partial charge >= 0.3 is 5.97 Å². The van der Waals surface area contributed by atoms with Crippen LogP contribution in [0.4, 0.5) is 0 Å². The molecule has 3 fully saturated rings. The van der Waals surface area contributed by atoms with Crippen LogP contribution >= 0.6 is 0 Å². The van der Waals surface area contributed by atoms with Crippen molar-refractivity contribution in [1.29, 1.82) is 0 Å². The zero-order valence-corrected chi connectivity index (χ0v) is 19.9. The highest BCUT2D eigenvalue weighted by Crippen LogP contribution is 2.66. The first-order valence-electron chi connectivity index (χ1n) is 12.8. The predicted molar refractivity (Wildman–Crippen MR) is 120 cm³/mol. The number of ether oxygens (including phenoxy) is 1. The van der Waals surface area contributed by atoms with E-state index in [0.29, 0.717) is 48.1 Å². The minimum absolute atomic E-state index is 0.0119. The van der Waals surface area contributed by atoms with Gasteiger partial charge in [0.25, 0.3) is 0 Å². The Labute approximate surface area is 187 Å². The first kappa shape index (κ1) is 22.7. The Kier molecular flexibility index (Phi) is 6.22. The van der Waals surface area contributed by atoms with Gasteiger partial charge in [0.2, 0.25) is 0 Å². The van der Waals surface area contributed by atoms with Gasteiger partial charge in [0.15, 0.2) is 11.5 Å². The summed E-state index contributed by atoms with van der Waals surface area (Å²) < 4.78 is 5.77. The number of fused-ring (bicyclic) bond motifs is 5. The number of unbranched alkanes of at least 4 members (excludes halogenated alkanes) is 2. The second-order valence-corrected chi connectivity index (χ2v) is 11.2. The number of hydrogen-bond donors (Lipinski definition) is 0. The van der Waals surface area contributed by atoms with E-state index in [1.165, 1.54) is 0 Å². The molecule has 0 aromatic heterocycles. The molecule has 0 aliphatic heterocycles. The topological polar surface area (TPSA) is 60.4 Å². The number of carbonyl (C=O) groups excluding carboxylic acids is 3. The van der Waals surface area contributed by atoms with E-state index in [9.17, 15) is 14.4 Å². The highest BCUT2D eigenvalue weighted by Gasteiger charge is 2.62. The van der Waals surface area contributed by atoms with Crippen molar-refractivity contribution in [3.8, 4) is 0 Å². The van der Waals surface area contributed by atoms with Crippen molar-refractivity contribution in [3.05, 3.63) is 11.3 Å². The average Bonchev–Trinajstić information content (AvgIpc) is 3.01. The van der Waals surface area contributed by atoms with Gasteiger partial charge in [0.1, 0.15) is 5.78 Å². The number of hydrogen-bond acceptors (Lipinski definition) is 4. The van der Waals surface area contributed by atoms with Crippen LogP contribution in [0.15, 0.2) is 11.3 Å². The standard InChI is InChI=1S/C27H40O4/c1-5-7-8-9-23(30)31-25-20-11-10-18-19(26(20,3)15-13-21(25)28)12-14-27(4)22(29)16-17(6-2)24(18)27/h17-19,24H,5-16H2,1-4H3/t17-,18+,19-,24-,26+,27+/m0/s1. The maximum Gasteiger partial charge on any atom is 0.311 e. The first-order chi connectivity index (χ1) is 14.8. The molecule has 4 heteroatoms. The first-order valence-corrected chi connectivity index (χ1v) is 12.8. The molecular formula is C27H40O4. The fourth-order valence-corrected chi connectivity index (χ4v) is 7.91. The summed E-state index contributed by atoms with van der Waals surface area (Å²) in [6, 6.07) is 0. The van der Waals surface area contributed by atoms with E-state index in [4.69, 9.17) is 4.74 Å². The molecule has 0 spiro atoms. The van der Waals surface area contributed by atoms with Gasteiger partial charge in [-0.1, -0.05) is 47.0 Å². The molecule has 0 N–H and O–H groups in total. The average molecular weight is 429 g/mol. The van der Waals surface area contributed by atoms with Crippen molar-refractivity contribution in [3.63, 3.8) is 0 Å². The summed E-state index contributed by atoms with van der Waals surface area (Å²) in [5.41, 5.74) is 0.870. The summed E-state index contributed by atoms with van der Waals surface area (Å²) in [4.78, 5) is 38.2. The summed E-state index contributed by atoms with van der Waals surface area (Å²) in [5, 5.41) is 0. The maximum absolute atomic E-state index is 12.9. The van der Waals surface area contributed by atoms with Crippen LogP contribution in [0.5, 0.6) is 0 Å². The van der Waals surface area contributed by atoms with E-state index in [1.54, 1.807) is 0 Å². The van der Waals surface area contributed by atoms with Crippen molar-refractivity contribution < 1.29 is 19.1 Å². The number of rotatable bonds is 6. The van der Waals surface area contributed by atoms with Gasteiger partial charge in [0, 0.05) is 24.7 Å². The molecule has 3 saturated carbocycles. The Morgan fingerprint density at radius 3 is 2.52 bits per heavy atom. The SMILES string of the molecule is CCCCCC(=O)OC1=C2CC[C@H]3[C@@H]4[C@@H](CC)CC(=O)[C@@]4(C)CC[C@@H]3[C@@]2(C)CCC1=O. The number of carbonyl (C=O) groups is 3. The van der Waals surface area contributed by atoms with E-state index in [1.807, 2.05) is 0 Å². The van der Waals surface area contributed by atoms with E-state index in [2.05, 4.69) is 27.7 Å². The number of ketones is 2. The molecule has 0 aromatic rings. The quantitative estimate of drug-likeness (QED) is 0.375. The lowest BCUT2D eigenvalue weighted by molar-refractivity contribution is -0.145. The molecule has 31 heavy (non-hydrogen) atoms. The van der Waals surface area contributed by atoms with E-state index < -0.39 is 0 Å². The van der Waals surface area contributed by atoms with Crippen molar-refractivity contribution in [2.75, 3.05) is 0 Å². The van der Waals surface area contributed by atoms with Crippen molar-refractivity contribution >= 4 is 17.5 Å². The van der Waals surface area contributed by atoms with Crippen LogP contribution in [0.3, 0.4) is 0 Å². The lowest BCUT2D eigenvalue weighted by atomic mass is 9.46. The summed E-state index contributed by atoms with van der Waals surface area (Å²) in [5.74, 6) is 2.62. The Morgan fingerprint density at radius 2 is 1.81 bits per heavy atom. The fourth-order valence-electron chi connectivity index (χ4n) is 7.91. The summed E-state index contributed by atoms with van der Waals surface area (Å²) >= 11 is 0. The van der Waals surface area contributed by atoms with Gasteiger partial charge in [-0.05, 0) is 73.2 Å². The Balaban J connectivity index is 1.62. The zero-order chi connectivity index (χ0) is 22.4. The van der Waals surface area contributed by atoms with Crippen molar-refractivity contribution in [2.45, 2.75) is 105 Å². The normalized spacial score (nSPS) is 39.7. The summed E-state index contributed by atoms with van der Waals surface area (Å²) in [6.45, 7) is 8.89. The molecule has 0 unspecified atom stereocenters. The molecule has 4 aliphatic carbocycles. The minimum atomic E-state index is -0.251. The van der Waals surface area contributed by atoms with Crippen LogP contribution in [0.1, 0.15) is 105 Å². The second kappa shape index (κ2) is 8.48. The third-order valence-corrected chi connectivity index (χ3v) is 9.64. The van der Waals surface area contributed by atoms with Gasteiger partial charge in [-0.2, -0.15) is 0 Å². The van der Waals surface area contributed by atoms with Gasteiger partial charge in [-0.3, -0.25) is 14.4 Å². The molecular weight excluding hydrogens is 388 g/mol. The van der Waals surface area contributed by atoms with Gasteiger partial charge < -0.3 is 4.74 Å². The Hall–Kier alpha value is -1.45. The van der Waals surface area contributed by atoms with E-state index in [-0.39, 0.29) is 22.6 Å². The van der Waals surface area contributed by atoms with E-state index >= 15 is 0 Å². The predicted octanol–water partition coefficient (Wildman–Crippen LogP) is 6.17. The molecule has 0 amide bonds. The zero-order valence-electron chi connectivity index (χ0n) is 19.9. The fraction of sp³-hybridized carbons (Fsp3) is 0.815. The van der Waals surface area contributed by atoms with E-state index in [0.717, 1.165) is 69.8 Å². The van der Waals surface area contributed by atoms with Gasteiger partial charge in [-0.15, -0.1) is 0 Å². The smallest absolute Gasteiger partial charge is 0.311 e. The van der Waals surface area contributed by atoms with Crippen LogP contribution in [-0.2, 0) is 19.1 Å². The van der Waals surface area contributed by atoms with Crippen LogP contribution in [-0.4, -0.2) is 17.5 Å². The van der Waals surface area contributed by atoms with Gasteiger partial charge in [-0.25, -0.2) is 0 Å². The highest BCUT2D eigenvalue weighted by atomic mass is 16.5. The third-order valence-electron chi connectivity index (χ3n) is 9.64. The van der Waals surface area contributed by atoms with Crippen LogP contribution in [0.2, 0.25) is 0 Å². The third kappa shape index (κ3) is 3.62. The highest BCUT2D eigenvalue weighted by molar-refractivity contribution is 5.97. The maximum atomic E-state index is 12.9. The van der Waals surface area contributed by atoms with Crippen molar-refractivity contribution in [2.24, 2.45) is 34.5 Å². The molecule has 4 aliphatic rings.